The van der Waals surface area contributed by atoms with E-state index in [0.29, 0.717) is 34.7 Å². The topological polar surface area (TPSA) is 97.0 Å². The standard InChI is InChI=1S/C28H26BrClFN3O5/c1-38-26(36)19-8-10-20(11-9-19)39-17-28(31)13-4-14-34(28)25(35)16-18-7-12-24(22(30)15-18)33-27(37)32-23-6-3-2-5-21(23)29/h2-3,5-12,15H,4,13-14,16-17H2,1H3,(H2,32,33,37)/t28-/m1/s1. The molecule has 1 aliphatic rings. The van der Waals surface area contributed by atoms with E-state index in [1.54, 1.807) is 48.5 Å². The van der Waals surface area contributed by atoms with Gasteiger partial charge in [-0.2, -0.15) is 0 Å². The van der Waals surface area contributed by atoms with Gasteiger partial charge in [0.15, 0.2) is 0 Å². The number of para-hydroxylation sites is 1. The van der Waals surface area contributed by atoms with Crippen LogP contribution in [-0.2, 0) is 16.0 Å². The van der Waals surface area contributed by atoms with Gasteiger partial charge in [0, 0.05) is 17.4 Å². The van der Waals surface area contributed by atoms with Gasteiger partial charge in [-0.3, -0.25) is 4.79 Å². The highest BCUT2D eigenvalue weighted by molar-refractivity contribution is 9.10. The second kappa shape index (κ2) is 12.5. The van der Waals surface area contributed by atoms with E-state index < -0.39 is 23.7 Å². The largest absolute Gasteiger partial charge is 0.488 e. The molecule has 0 aliphatic carbocycles. The Morgan fingerprint density at radius 2 is 1.77 bits per heavy atom. The smallest absolute Gasteiger partial charge is 0.337 e. The fourth-order valence-corrected chi connectivity index (χ4v) is 4.85. The maximum atomic E-state index is 15.8. The third kappa shape index (κ3) is 7.07. The van der Waals surface area contributed by atoms with Gasteiger partial charge in [0.25, 0.3) is 0 Å². The van der Waals surface area contributed by atoms with Crippen LogP contribution in [-0.4, -0.2) is 48.9 Å². The number of esters is 1. The van der Waals surface area contributed by atoms with Crippen molar-refractivity contribution >= 4 is 56.8 Å². The van der Waals surface area contributed by atoms with E-state index >= 15 is 4.39 Å². The molecule has 0 bridgehead atoms. The molecule has 0 aromatic heterocycles. The Morgan fingerprint density at radius 1 is 1.05 bits per heavy atom. The molecule has 0 spiro atoms. The highest BCUT2D eigenvalue weighted by Crippen LogP contribution is 2.33. The first-order chi connectivity index (χ1) is 18.7. The first-order valence-electron chi connectivity index (χ1n) is 12.1. The maximum Gasteiger partial charge on any atom is 0.337 e. The Bertz CT molecular complexity index is 1370. The van der Waals surface area contributed by atoms with Crippen LogP contribution in [0.4, 0.5) is 20.6 Å². The summed E-state index contributed by atoms with van der Waals surface area (Å²) in [7, 11) is 1.29. The van der Waals surface area contributed by atoms with Crippen LogP contribution in [0.15, 0.2) is 71.2 Å². The van der Waals surface area contributed by atoms with Crippen LogP contribution in [0.3, 0.4) is 0 Å². The van der Waals surface area contributed by atoms with Crippen molar-refractivity contribution in [2.45, 2.75) is 25.1 Å². The third-order valence-electron chi connectivity index (χ3n) is 6.22. The number of benzene rings is 3. The van der Waals surface area contributed by atoms with E-state index in [1.165, 1.54) is 24.1 Å². The van der Waals surface area contributed by atoms with Crippen molar-refractivity contribution in [1.29, 1.82) is 0 Å². The van der Waals surface area contributed by atoms with Gasteiger partial charge in [0.1, 0.15) is 12.4 Å². The number of methoxy groups -OCH3 is 1. The van der Waals surface area contributed by atoms with Crippen LogP contribution in [0, 0.1) is 0 Å². The van der Waals surface area contributed by atoms with Crippen LogP contribution >= 0.6 is 27.5 Å². The summed E-state index contributed by atoms with van der Waals surface area (Å²) in [5, 5.41) is 5.65. The van der Waals surface area contributed by atoms with Crippen molar-refractivity contribution in [1.82, 2.24) is 4.90 Å². The second-order valence-electron chi connectivity index (χ2n) is 8.92. The number of nitrogens with zero attached hydrogens (tertiary/aromatic N) is 1. The number of rotatable bonds is 8. The monoisotopic (exact) mass is 617 g/mol. The molecule has 39 heavy (non-hydrogen) atoms. The molecule has 11 heteroatoms. The molecule has 3 aromatic carbocycles. The van der Waals surface area contributed by atoms with Crippen molar-refractivity contribution in [3.8, 4) is 5.75 Å². The van der Waals surface area contributed by atoms with Gasteiger partial charge in [-0.25, -0.2) is 14.0 Å². The van der Waals surface area contributed by atoms with Gasteiger partial charge in [-0.15, -0.1) is 0 Å². The Morgan fingerprint density at radius 3 is 2.46 bits per heavy atom. The van der Waals surface area contributed by atoms with Crippen LogP contribution in [0.25, 0.3) is 0 Å². The van der Waals surface area contributed by atoms with Gasteiger partial charge < -0.3 is 25.0 Å². The minimum Gasteiger partial charge on any atom is -0.488 e. The van der Waals surface area contributed by atoms with E-state index in [2.05, 4.69) is 31.3 Å². The summed E-state index contributed by atoms with van der Waals surface area (Å²) in [6, 6.07) is 17.7. The minimum absolute atomic E-state index is 0.0668. The summed E-state index contributed by atoms with van der Waals surface area (Å²) >= 11 is 9.73. The number of amides is 3. The van der Waals surface area contributed by atoms with Gasteiger partial charge in [0.2, 0.25) is 11.7 Å². The number of anilines is 2. The minimum atomic E-state index is -1.97. The Balaban J connectivity index is 1.34. The average molecular weight is 619 g/mol. The summed E-state index contributed by atoms with van der Waals surface area (Å²) < 4.78 is 26.8. The lowest BCUT2D eigenvalue weighted by molar-refractivity contribution is -0.144. The fraction of sp³-hybridized carbons (Fsp3) is 0.250. The Hall–Kier alpha value is -3.63. The number of nitrogens with one attached hydrogen (secondary N) is 2. The van der Waals surface area contributed by atoms with E-state index in [4.69, 9.17) is 16.3 Å². The molecule has 0 unspecified atom stereocenters. The lowest BCUT2D eigenvalue weighted by atomic mass is 10.1. The molecule has 1 aliphatic heterocycles. The van der Waals surface area contributed by atoms with Gasteiger partial charge >= 0.3 is 12.0 Å². The number of hydrogen-bond acceptors (Lipinski definition) is 5. The predicted octanol–water partition coefficient (Wildman–Crippen LogP) is 6.44. The molecule has 204 valence electrons. The Kier molecular flexibility index (Phi) is 9.08. The lowest BCUT2D eigenvalue weighted by Gasteiger charge is -2.31. The maximum absolute atomic E-state index is 15.8. The van der Waals surface area contributed by atoms with Crippen molar-refractivity contribution in [2.24, 2.45) is 0 Å². The van der Waals surface area contributed by atoms with Crippen LogP contribution in [0.5, 0.6) is 5.75 Å². The number of hydrogen-bond donors (Lipinski definition) is 2. The third-order valence-corrected chi connectivity index (χ3v) is 7.23. The van der Waals surface area contributed by atoms with Crippen molar-refractivity contribution in [3.05, 3.63) is 87.4 Å². The second-order valence-corrected chi connectivity index (χ2v) is 10.2. The van der Waals surface area contributed by atoms with Gasteiger partial charge in [-0.1, -0.05) is 29.8 Å². The number of ether oxygens (including phenoxy) is 2. The SMILES string of the molecule is COC(=O)c1ccc(OC[C@@]2(F)CCCN2C(=O)Cc2ccc(NC(=O)Nc3ccccc3Br)c(Cl)c2)cc1. The van der Waals surface area contributed by atoms with Crippen LogP contribution in [0.2, 0.25) is 5.02 Å². The van der Waals surface area contributed by atoms with Gasteiger partial charge in [-0.05, 0) is 76.4 Å². The number of alkyl halides is 1. The molecule has 1 fully saturated rings. The van der Waals surface area contributed by atoms with E-state index in [9.17, 15) is 14.4 Å². The molecule has 1 atom stereocenters. The van der Waals surface area contributed by atoms with Gasteiger partial charge in [0.05, 0.1) is 35.5 Å². The summed E-state index contributed by atoms with van der Waals surface area (Å²) in [6.07, 6.45) is 0.584. The summed E-state index contributed by atoms with van der Waals surface area (Å²) in [5.41, 5.74) is 1.89. The van der Waals surface area contributed by atoms with Crippen LogP contribution in [0.1, 0.15) is 28.8 Å². The molecular formula is C28H26BrClFN3O5. The van der Waals surface area contributed by atoms with E-state index in [1.807, 2.05) is 6.07 Å². The first kappa shape index (κ1) is 28.4. The summed E-state index contributed by atoms with van der Waals surface area (Å²) in [5.74, 6) is -2.48. The molecule has 0 radical (unpaired) electrons. The first-order valence-corrected chi connectivity index (χ1v) is 13.3. The van der Waals surface area contributed by atoms with E-state index in [0.717, 1.165) is 4.47 Å². The summed E-state index contributed by atoms with van der Waals surface area (Å²) in [6.45, 7) is -0.0743. The lowest BCUT2D eigenvalue weighted by Crippen LogP contribution is -2.48. The number of carbonyl (C=O) groups excluding carboxylic acids is 3. The molecule has 4 rings (SSSR count). The van der Waals surface area contributed by atoms with Crippen molar-refractivity contribution in [2.75, 3.05) is 30.9 Å². The number of carbonyl (C=O) groups is 3. The molecule has 8 nitrogen and oxygen atoms in total. The highest BCUT2D eigenvalue weighted by Gasteiger charge is 2.44. The number of likely N-dealkylation sites (tertiary alicyclic amines) is 1. The van der Waals surface area contributed by atoms with Crippen molar-refractivity contribution < 1.29 is 28.2 Å². The van der Waals surface area contributed by atoms with Crippen LogP contribution < -0.4 is 15.4 Å². The molecule has 3 aromatic rings. The van der Waals surface area contributed by atoms with Crippen molar-refractivity contribution in [3.63, 3.8) is 0 Å². The highest BCUT2D eigenvalue weighted by atomic mass is 79.9. The number of halogens is 3. The zero-order valence-electron chi connectivity index (χ0n) is 21.0. The zero-order chi connectivity index (χ0) is 28.0. The number of urea groups is 1. The molecule has 1 heterocycles. The molecule has 0 saturated carbocycles. The zero-order valence-corrected chi connectivity index (χ0v) is 23.4. The normalized spacial score (nSPS) is 16.5. The quantitative estimate of drug-likeness (QED) is 0.224. The van der Waals surface area contributed by atoms with E-state index in [-0.39, 0.29) is 31.0 Å². The Labute approximate surface area is 238 Å². The molecular weight excluding hydrogens is 593 g/mol. The molecule has 1 saturated heterocycles. The molecule has 3 amide bonds. The average Bonchev–Trinajstić information content (AvgIpc) is 3.32. The summed E-state index contributed by atoms with van der Waals surface area (Å²) in [4.78, 5) is 38.2. The predicted molar refractivity (Wildman–Crippen MR) is 150 cm³/mol. The molecule has 2 N–H and O–H groups in total. The fourth-order valence-electron chi connectivity index (χ4n) is 4.22.